The number of para-hydroxylation sites is 1. The van der Waals surface area contributed by atoms with Gasteiger partial charge in [0.15, 0.2) is 23.1 Å². The van der Waals surface area contributed by atoms with Crippen molar-refractivity contribution in [3.63, 3.8) is 0 Å². The summed E-state index contributed by atoms with van der Waals surface area (Å²) in [6, 6.07) is 9.33. The minimum atomic E-state index is -1.16. The molecule has 2 aromatic carbocycles. The summed E-state index contributed by atoms with van der Waals surface area (Å²) in [5.74, 6) is 0.529. The van der Waals surface area contributed by atoms with E-state index in [9.17, 15) is 13.9 Å². The van der Waals surface area contributed by atoms with E-state index in [0.717, 1.165) is 6.07 Å². The summed E-state index contributed by atoms with van der Waals surface area (Å²) in [4.78, 5) is 0. The van der Waals surface area contributed by atoms with Crippen LogP contribution in [-0.4, -0.2) is 5.11 Å². The molecule has 0 amide bonds. The lowest BCUT2D eigenvalue weighted by Crippen LogP contribution is -1.97. The van der Waals surface area contributed by atoms with Crippen molar-refractivity contribution >= 4 is 0 Å². The predicted molar refractivity (Wildman–Crippen MR) is 66.7 cm³/mol. The second kappa shape index (κ2) is 5.51. The molecule has 4 heteroatoms. The van der Waals surface area contributed by atoms with Crippen molar-refractivity contribution < 1.29 is 18.6 Å². The highest BCUT2D eigenvalue weighted by atomic mass is 19.1. The largest absolute Gasteiger partial charge is 0.451 e. The third-order valence-electron chi connectivity index (χ3n) is 2.49. The zero-order valence-corrected chi connectivity index (χ0v) is 9.81. The van der Waals surface area contributed by atoms with Gasteiger partial charge in [-0.15, -0.1) is 6.42 Å². The van der Waals surface area contributed by atoms with Gasteiger partial charge in [0.05, 0.1) is 0 Å². The van der Waals surface area contributed by atoms with Crippen LogP contribution in [0.4, 0.5) is 8.78 Å². The number of terminal acetylenes is 1. The highest BCUT2D eigenvalue weighted by Crippen LogP contribution is 2.29. The highest BCUT2D eigenvalue weighted by molar-refractivity contribution is 5.37. The molecule has 0 bridgehead atoms. The normalized spacial score (nSPS) is 11.7. The Bertz CT molecular complexity index is 632. The van der Waals surface area contributed by atoms with Gasteiger partial charge < -0.3 is 9.84 Å². The van der Waals surface area contributed by atoms with Gasteiger partial charge in [-0.25, -0.2) is 8.78 Å². The van der Waals surface area contributed by atoms with Crippen LogP contribution in [0.2, 0.25) is 0 Å². The summed E-state index contributed by atoms with van der Waals surface area (Å²) < 4.78 is 32.1. The van der Waals surface area contributed by atoms with Crippen LogP contribution in [0.5, 0.6) is 11.5 Å². The number of ether oxygens (including phenoxy) is 1. The average molecular weight is 260 g/mol. The van der Waals surface area contributed by atoms with Gasteiger partial charge in [-0.3, -0.25) is 0 Å². The Balaban J connectivity index is 2.35. The van der Waals surface area contributed by atoms with E-state index in [0.29, 0.717) is 5.56 Å². The molecule has 1 unspecified atom stereocenters. The zero-order chi connectivity index (χ0) is 13.8. The van der Waals surface area contributed by atoms with Crippen LogP contribution < -0.4 is 4.74 Å². The Morgan fingerprint density at radius 1 is 1.05 bits per heavy atom. The highest BCUT2D eigenvalue weighted by Gasteiger charge is 2.12. The van der Waals surface area contributed by atoms with E-state index in [1.54, 1.807) is 6.07 Å². The zero-order valence-electron chi connectivity index (χ0n) is 9.81. The fourth-order valence-electron chi connectivity index (χ4n) is 1.51. The summed E-state index contributed by atoms with van der Waals surface area (Å²) >= 11 is 0. The van der Waals surface area contributed by atoms with E-state index in [1.165, 1.54) is 30.3 Å². The van der Waals surface area contributed by atoms with Gasteiger partial charge in [0.25, 0.3) is 0 Å². The maximum atomic E-state index is 13.6. The average Bonchev–Trinajstić information content (AvgIpc) is 2.42. The van der Waals surface area contributed by atoms with E-state index in [4.69, 9.17) is 11.2 Å². The van der Waals surface area contributed by atoms with Crippen molar-refractivity contribution in [2.24, 2.45) is 0 Å². The van der Waals surface area contributed by atoms with E-state index in [-0.39, 0.29) is 11.5 Å². The van der Waals surface area contributed by atoms with E-state index >= 15 is 0 Å². The van der Waals surface area contributed by atoms with Crippen molar-refractivity contribution in [1.82, 2.24) is 0 Å². The molecule has 0 spiro atoms. The summed E-state index contributed by atoms with van der Waals surface area (Å²) in [6.45, 7) is 0. The number of aliphatic hydroxyl groups is 1. The number of hydrogen-bond donors (Lipinski definition) is 1. The molecule has 1 N–H and O–H groups in total. The maximum Gasteiger partial charge on any atom is 0.165 e. The molecule has 96 valence electrons. The van der Waals surface area contributed by atoms with Crippen molar-refractivity contribution in [2.45, 2.75) is 6.10 Å². The van der Waals surface area contributed by atoms with Crippen molar-refractivity contribution in [1.29, 1.82) is 0 Å². The first-order valence-electron chi connectivity index (χ1n) is 5.48. The van der Waals surface area contributed by atoms with Crippen LogP contribution in [0.15, 0.2) is 42.5 Å². The molecule has 0 fully saturated rings. The number of halogens is 2. The second-order valence-corrected chi connectivity index (χ2v) is 3.79. The van der Waals surface area contributed by atoms with Gasteiger partial charge in [0.2, 0.25) is 0 Å². The molecule has 0 aliphatic heterocycles. The first-order chi connectivity index (χ1) is 9.11. The Labute approximate surface area is 109 Å². The van der Waals surface area contributed by atoms with Gasteiger partial charge in [-0.05, 0) is 29.8 Å². The number of rotatable bonds is 3. The van der Waals surface area contributed by atoms with E-state index < -0.39 is 17.7 Å². The van der Waals surface area contributed by atoms with Gasteiger partial charge in [-0.1, -0.05) is 24.1 Å². The topological polar surface area (TPSA) is 29.5 Å². The molecule has 1 atom stereocenters. The van der Waals surface area contributed by atoms with Crippen LogP contribution in [0, 0.1) is 24.0 Å². The van der Waals surface area contributed by atoms with Gasteiger partial charge in [0.1, 0.15) is 6.10 Å². The summed E-state index contributed by atoms with van der Waals surface area (Å²) in [5.41, 5.74) is 0.301. The van der Waals surface area contributed by atoms with Crippen LogP contribution in [0.3, 0.4) is 0 Å². The smallest absolute Gasteiger partial charge is 0.165 e. The van der Waals surface area contributed by atoms with Crippen molar-refractivity contribution in [3.8, 4) is 23.8 Å². The second-order valence-electron chi connectivity index (χ2n) is 3.79. The van der Waals surface area contributed by atoms with Gasteiger partial charge >= 0.3 is 0 Å². The molecule has 2 nitrogen and oxygen atoms in total. The molecule has 0 aliphatic carbocycles. The summed E-state index contributed by atoms with van der Waals surface area (Å²) in [7, 11) is 0. The first-order valence-corrected chi connectivity index (χ1v) is 5.48. The Morgan fingerprint density at radius 3 is 2.42 bits per heavy atom. The third-order valence-corrected chi connectivity index (χ3v) is 2.49. The first kappa shape index (κ1) is 13.1. The number of aliphatic hydroxyl groups excluding tert-OH is 1. The minimum Gasteiger partial charge on any atom is -0.451 e. The Kier molecular flexibility index (Phi) is 3.79. The lowest BCUT2D eigenvalue weighted by atomic mass is 10.1. The summed E-state index contributed by atoms with van der Waals surface area (Å²) in [5, 5.41) is 9.48. The van der Waals surface area contributed by atoms with Crippen molar-refractivity contribution in [3.05, 3.63) is 59.7 Å². The molecule has 0 radical (unpaired) electrons. The molecule has 0 saturated carbocycles. The quantitative estimate of drug-likeness (QED) is 0.857. The van der Waals surface area contributed by atoms with Crippen LogP contribution in [-0.2, 0) is 0 Å². The molecule has 0 heterocycles. The fraction of sp³-hybridized carbons (Fsp3) is 0.0667. The molecular weight excluding hydrogens is 250 g/mol. The molecule has 2 aromatic rings. The predicted octanol–water partition coefficient (Wildman–Crippen LogP) is 3.42. The Hall–Kier alpha value is -2.38. The van der Waals surface area contributed by atoms with Crippen LogP contribution >= 0.6 is 0 Å². The minimum absolute atomic E-state index is 0.103. The SMILES string of the molecule is C#CC(O)c1ccc(F)c(Oc2ccccc2F)c1. The van der Waals surface area contributed by atoms with Crippen molar-refractivity contribution in [2.75, 3.05) is 0 Å². The van der Waals surface area contributed by atoms with E-state index in [2.05, 4.69) is 5.92 Å². The molecular formula is C15H10F2O2. The van der Waals surface area contributed by atoms with Gasteiger partial charge in [-0.2, -0.15) is 0 Å². The lowest BCUT2D eigenvalue weighted by molar-refractivity contribution is 0.238. The molecule has 0 saturated heterocycles. The number of benzene rings is 2. The molecule has 0 aromatic heterocycles. The van der Waals surface area contributed by atoms with E-state index in [1.807, 2.05) is 0 Å². The third kappa shape index (κ3) is 2.90. The van der Waals surface area contributed by atoms with Crippen LogP contribution in [0.1, 0.15) is 11.7 Å². The fourth-order valence-corrected chi connectivity index (χ4v) is 1.51. The molecule has 0 aliphatic rings. The van der Waals surface area contributed by atoms with Crippen LogP contribution in [0.25, 0.3) is 0 Å². The maximum absolute atomic E-state index is 13.6. The Morgan fingerprint density at radius 2 is 1.74 bits per heavy atom. The van der Waals surface area contributed by atoms with Gasteiger partial charge in [0, 0.05) is 0 Å². The summed E-state index contributed by atoms with van der Waals surface area (Å²) in [6.07, 6.45) is 3.91. The lowest BCUT2D eigenvalue weighted by Gasteiger charge is -2.10. The number of hydrogen-bond acceptors (Lipinski definition) is 2. The molecule has 2 rings (SSSR count). The standard InChI is InChI=1S/C15H10F2O2/c1-2-13(18)10-7-8-12(17)15(9-10)19-14-6-4-3-5-11(14)16/h1,3-9,13,18H. The monoisotopic (exact) mass is 260 g/mol. The molecule has 19 heavy (non-hydrogen) atoms.